The van der Waals surface area contributed by atoms with E-state index in [0.717, 1.165) is 4.88 Å². The third kappa shape index (κ3) is 1.75. The maximum absolute atomic E-state index is 11.0. The van der Waals surface area contributed by atoms with Crippen molar-refractivity contribution in [2.24, 2.45) is 0 Å². The second-order valence-corrected chi connectivity index (χ2v) is 3.17. The van der Waals surface area contributed by atoms with Crippen molar-refractivity contribution in [1.29, 1.82) is 0 Å². The maximum atomic E-state index is 11.0. The van der Waals surface area contributed by atoms with E-state index in [-0.39, 0.29) is 5.91 Å². The Kier molecular flexibility index (Phi) is 2.77. The predicted molar refractivity (Wildman–Crippen MR) is 45.3 cm³/mol. The average Bonchev–Trinajstić information content (AvgIpc) is 2.38. The summed E-state index contributed by atoms with van der Waals surface area (Å²) in [6, 6.07) is 3.66. The largest absolute Gasteiger partial charge is 0.296 e. The van der Waals surface area contributed by atoms with Crippen molar-refractivity contribution < 1.29 is 4.79 Å². The van der Waals surface area contributed by atoms with Gasteiger partial charge in [-0.1, -0.05) is 18.0 Å². The van der Waals surface area contributed by atoms with Gasteiger partial charge in [0.25, 0.3) is 5.91 Å². The number of nitrogens with one attached hydrogen (secondary N) is 1. The van der Waals surface area contributed by atoms with Gasteiger partial charge < -0.3 is 0 Å². The van der Waals surface area contributed by atoms with E-state index < -0.39 is 0 Å². The van der Waals surface area contributed by atoms with Crippen LogP contribution in [0.15, 0.2) is 17.5 Å². The first-order chi connectivity index (χ1) is 4.84. The first-order valence-electron chi connectivity index (χ1n) is 2.71. The molecule has 0 saturated heterocycles. The van der Waals surface area contributed by atoms with E-state index in [4.69, 9.17) is 0 Å². The fraction of sp³-hybridized carbons (Fsp3) is 0.167. The molecule has 0 fully saturated rings. The highest BCUT2D eigenvalue weighted by atomic mass is 32.2. The van der Waals surface area contributed by atoms with Crippen LogP contribution < -0.4 is 4.72 Å². The van der Waals surface area contributed by atoms with Crippen molar-refractivity contribution in [3.8, 4) is 0 Å². The third-order valence-electron chi connectivity index (χ3n) is 0.940. The van der Waals surface area contributed by atoms with Crippen LogP contribution in [0.3, 0.4) is 0 Å². The Balaban J connectivity index is 2.59. The average molecular weight is 173 g/mol. The Morgan fingerprint density at radius 2 is 2.60 bits per heavy atom. The van der Waals surface area contributed by atoms with Crippen LogP contribution in [0.5, 0.6) is 0 Å². The lowest BCUT2D eigenvalue weighted by molar-refractivity contribution is 0.0988. The van der Waals surface area contributed by atoms with E-state index in [0.29, 0.717) is 0 Å². The smallest absolute Gasteiger partial charge is 0.271 e. The molecule has 0 radical (unpaired) electrons. The number of hydrogen-bond donors (Lipinski definition) is 1. The Labute approximate surface area is 67.8 Å². The maximum Gasteiger partial charge on any atom is 0.271 e. The van der Waals surface area contributed by atoms with Crippen LogP contribution >= 0.6 is 23.3 Å². The molecule has 0 aliphatic carbocycles. The monoisotopic (exact) mass is 173 g/mol. The highest BCUT2D eigenvalue weighted by molar-refractivity contribution is 7.97. The summed E-state index contributed by atoms with van der Waals surface area (Å²) in [6.07, 6.45) is 1.82. The van der Waals surface area contributed by atoms with Gasteiger partial charge in [0.1, 0.15) is 0 Å². The molecule has 0 aliphatic rings. The van der Waals surface area contributed by atoms with Gasteiger partial charge in [0, 0.05) is 6.26 Å². The van der Waals surface area contributed by atoms with Crippen LogP contribution in [0.4, 0.5) is 0 Å². The van der Waals surface area contributed by atoms with Gasteiger partial charge >= 0.3 is 0 Å². The van der Waals surface area contributed by atoms with Crippen LogP contribution in [0.1, 0.15) is 9.67 Å². The van der Waals surface area contributed by atoms with Gasteiger partial charge in [-0.2, -0.15) is 0 Å². The molecule has 1 N–H and O–H groups in total. The zero-order valence-electron chi connectivity index (χ0n) is 5.46. The highest BCUT2D eigenvalue weighted by Gasteiger charge is 2.02. The Bertz CT molecular complexity index is 208. The van der Waals surface area contributed by atoms with Gasteiger partial charge in [0.05, 0.1) is 4.88 Å². The predicted octanol–water partition coefficient (Wildman–Crippen LogP) is 1.76. The molecule has 0 aliphatic heterocycles. The fourth-order valence-electron chi connectivity index (χ4n) is 0.551. The lowest BCUT2D eigenvalue weighted by atomic mass is 10.5. The Morgan fingerprint density at radius 3 is 3.10 bits per heavy atom. The summed E-state index contributed by atoms with van der Waals surface area (Å²) in [5.74, 6) is -0.0116. The molecule has 1 heterocycles. The van der Waals surface area contributed by atoms with Gasteiger partial charge in [0.2, 0.25) is 0 Å². The first kappa shape index (κ1) is 7.63. The molecule has 4 heteroatoms. The molecule has 2 nitrogen and oxygen atoms in total. The number of carbonyl (C=O) groups is 1. The van der Waals surface area contributed by atoms with E-state index in [1.54, 1.807) is 6.07 Å². The lowest BCUT2D eigenvalue weighted by Crippen LogP contribution is -2.13. The van der Waals surface area contributed by atoms with Crippen molar-refractivity contribution >= 4 is 29.2 Å². The van der Waals surface area contributed by atoms with Crippen LogP contribution in [0.25, 0.3) is 0 Å². The van der Waals surface area contributed by atoms with Gasteiger partial charge in [-0.05, 0) is 11.4 Å². The zero-order valence-corrected chi connectivity index (χ0v) is 7.09. The molecule has 0 atom stereocenters. The van der Waals surface area contributed by atoms with Crippen molar-refractivity contribution in [2.45, 2.75) is 0 Å². The lowest BCUT2D eigenvalue weighted by Gasteiger charge is -1.94. The quantitative estimate of drug-likeness (QED) is 0.690. The van der Waals surface area contributed by atoms with E-state index in [9.17, 15) is 4.79 Å². The standard InChI is InChI=1S/C6H7NOS2/c1-9-7-6(8)5-3-2-4-10-5/h2-4H,1H3,(H,7,8). The SMILES string of the molecule is CSNC(=O)c1cccs1. The van der Waals surface area contributed by atoms with E-state index in [1.165, 1.54) is 23.3 Å². The topological polar surface area (TPSA) is 29.1 Å². The van der Waals surface area contributed by atoms with Gasteiger partial charge in [0.15, 0.2) is 0 Å². The first-order valence-corrected chi connectivity index (χ1v) is 4.82. The van der Waals surface area contributed by atoms with Gasteiger partial charge in [-0.25, -0.2) is 0 Å². The van der Waals surface area contributed by atoms with Crippen molar-refractivity contribution in [3.05, 3.63) is 22.4 Å². The molecule has 1 aromatic heterocycles. The second kappa shape index (κ2) is 3.63. The summed E-state index contributed by atoms with van der Waals surface area (Å²) in [5, 5.41) is 1.88. The molecule has 10 heavy (non-hydrogen) atoms. The third-order valence-corrected chi connectivity index (χ3v) is 2.20. The normalized spacial score (nSPS) is 9.30. The van der Waals surface area contributed by atoms with Crippen molar-refractivity contribution in [1.82, 2.24) is 4.72 Å². The van der Waals surface area contributed by atoms with E-state index in [2.05, 4.69) is 4.72 Å². The Hall–Kier alpha value is -0.480. The second-order valence-electron chi connectivity index (χ2n) is 1.61. The van der Waals surface area contributed by atoms with Gasteiger partial charge in [-0.3, -0.25) is 9.52 Å². The van der Waals surface area contributed by atoms with Crippen LogP contribution in [-0.2, 0) is 0 Å². The number of rotatable bonds is 2. The summed E-state index contributed by atoms with van der Waals surface area (Å²) in [7, 11) is 0. The summed E-state index contributed by atoms with van der Waals surface area (Å²) >= 11 is 2.76. The summed E-state index contributed by atoms with van der Waals surface area (Å²) < 4.78 is 2.64. The number of hydrogen-bond acceptors (Lipinski definition) is 3. The molecule has 54 valence electrons. The minimum Gasteiger partial charge on any atom is -0.296 e. The molecule has 1 rings (SSSR count). The van der Waals surface area contributed by atoms with Gasteiger partial charge in [-0.15, -0.1) is 11.3 Å². The summed E-state index contributed by atoms with van der Waals surface area (Å²) in [5.41, 5.74) is 0. The minimum atomic E-state index is -0.0116. The van der Waals surface area contributed by atoms with E-state index >= 15 is 0 Å². The van der Waals surface area contributed by atoms with E-state index in [1.807, 2.05) is 17.7 Å². The minimum absolute atomic E-state index is 0.0116. The zero-order chi connectivity index (χ0) is 7.40. The molecule has 0 bridgehead atoms. The highest BCUT2D eigenvalue weighted by Crippen LogP contribution is 2.08. The number of amides is 1. The molecule has 0 aromatic carbocycles. The van der Waals surface area contributed by atoms with Crippen LogP contribution in [-0.4, -0.2) is 12.2 Å². The fourth-order valence-corrected chi connectivity index (χ4v) is 1.53. The Morgan fingerprint density at radius 1 is 1.80 bits per heavy atom. The molecule has 0 saturated carbocycles. The molecular formula is C6H7NOS2. The number of thiophene rings is 1. The molecule has 0 spiro atoms. The molecular weight excluding hydrogens is 166 g/mol. The summed E-state index contributed by atoms with van der Waals surface area (Å²) in [4.78, 5) is 11.7. The summed E-state index contributed by atoms with van der Waals surface area (Å²) in [6.45, 7) is 0. The van der Waals surface area contributed by atoms with Crippen LogP contribution in [0, 0.1) is 0 Å². The molecule has 1 amide bonds. The number of carbonyl (C=O) groups excluding carboxylic acids is 1. The van der Waals surface area contributed by atoms with Crippen molar-refractivity contribution in [2.75, 3.05) is 6.26 Å². The molecule has 0 unspecified atom stereocenters. The van der Waals surface area contributed by atoms with Crippen molar-refractivity contribution in [3.63, 3.8) is 0 Å². The molecule has 1 aromatic rings. The van der Waals surface area contributed by atoms with Crippen LogP contribution in [0.2, 0.25) is 0 Å².